The third kappa shape index (κ3) is 4.44. The Morgan fingerprint density at radius 1 is 1.21 bits per heavy atom. The second-order valence-electron chi connectivity index (χ2n) is 5.88. The monoisotopic (exact) mass is 346 g/mol. The summed E-state index contributed by atoms with van der Waals surface area (Å²) in [7, 11) is 0. The molecule has 1 saturated heterocycles. The van der Waals surface area contributed by atoms with Crippen molar-refractivity contribution < 1.29 is 9.59 Å². The number of urea groups is 1. The van der Waals surface area contributed by atoms with Gasteiger partial charge in [-0.05, 0) is 25.0 Å². The van der Waals surface area contributed by atoms with Gasteiger partial charge in [-0.2, -0.15) is 0 Å². The smallest absolute Gasteiger partial charge is 0.315 e. The van der Waals surface area contributed by atoms with Crippen molar-refractivity contribution in [1.29, 1.82) is 0 Å². The van der Waals surface area contributed by atoms with Crippen LogP contribution < -0.4 is 10.6 Å². The van der Waals surface area contributed by atoms with Crippen molar-refractivity contribution in [2.45, 2.75) is 32.2 Å². The minimum atomic E-state index is -0.225. The highest BCUT2D eigenvalue weighted by Crippen LogP contribution is 2.21. The molecule has 2 aromatic rings. The molecule has 1 fully saturated rings. The molecule has 1 aromatic carbocycles. The van der Waals surface area contributed by atoms with Gasteiger partial charge < -0.3 is 15.5 Å². The zero-order valence-corrected chi connectivity index (χ0v) is 14.4. The summed E-state index contributed by atoms with van der Waals surface area (Å²) in [5.41, 5.74) is 0.958. The van der Waals surface area contributed by atoms with E-state index in [1.807, 2.05) is 29.2 Å². The topological polar surface area (TPSA) is 74.3 Å². The number of carbonyl (C=O) groups is 2. The molecule has 0 atom stereocenters. The van der Waals surface area contributed by atoms with Gasteiger partial charge >= 0.3 is 6.03 Å². The van der Waals surface area contributed by atoms with Gasteiger partial charge in [-0.3, -0.25) is 4.79 Å². The number of hydrogen-bond donors (Lipinski definition) is 2. The number of fused-ring (bicyclic) bond motifs is 1. The molecule has 2 N–H and O–H groups in total. The molecular formula is C17H22N4O2S. The maximum atomic E-state index is 11.9. The summed E-state index contributed by atoms with van der Waals surface area (Å²) in [6.07, 6.45) is 3.77. The number of benzene rings is 1. The Hall–Kier alpha value is -2.15. The molecule has 1 aliphatic heterocycles. The summed E-state index contributed by atoms with van der Waals surface area (Å²) >= 11 is 1.58. The molecule has 7 heteroatoms. The Labute approximate surface area is 145 Å². The van der Waals surface area contributed by atoms with E-state index in [0.717, 1.165) is 41.0 Å². The van der Waals surface area contributed by atoms with Crippen molar-refractivity contribution in [2.75, 3.05) is 19.6 Å². The Morgan fingerprint density at radius 3 is 2.96 bits per heavy atom. The molecule has 0 unspecified atom stereocenters. The van der Waals surface area contributed by atoms with Crippen LogP contribution in [0, 0.1) is 0 Å². The molecule has 1 aliphatic rings. The van der Waals surface area contributed by atoms with Crippen LogP contribution in [-0.2, 0) is 11.3 Å². The number of thiazole rings is 1. The zero-order valence-electron chi connectivity index (χ0n) is 13.6. The fraction of sp³-hybridized carbons (Fsp3) is 0.471. The number of nitrogens with one attached hydrogen (secondary N) is 2. The summed E-state index contributed by atoms with van der Waals surface area (Å²) in [5.74, 6) is 0.198. The summed E-state index contributed by atoms with van der Waals surface area (Å²) < 4.78 is 1.12. The van der Waals surface area contributed by atoms with E-state index in [9.17, 15) is 9.59 Å². The molecule has 0 aliphatic carbocycles. The van der Waals surface area contributed by atoms with Crippen molar-refractivity contribution in [1.82, 2.24) is 20.5 Å². The predicted molar refractivity (Wildman–Crippen MR) is 94.9 cm³/mol. The fourth-order valence-electron chi connectivity index (χ4n) is 2.79. The van der Waals surface area contributed by atoms with Crippen LogP contribution in [0.1, 0.15) is 30.7 Å². The molecule has 24 heavy (non-hydrogen) atoms. The Morgan fingerprint density at radius 2 is 2.08 bits per heavy atom. The fourth-order valence-corrected chi connectivity index (χ4v) is 3.70. The number of likely N-dealkylation sites (tertiary alicyclic amines) is 1. The van der Waals surface area contributed by atoms with Crippen molar-refractivity contribution in [3.63, 3.8) is 0 Å². The number of amides is 3. The first kappa shape index (κ1) is 16.7. The summed E-state index contributed by atoms with van der Waals surface area (Å²) in [5, 5.41) is 6.51. The highest BCUT2D eigenvalue weighted by Gasteiger charge is 2.16. The van der Waals surface area contributed by atoms with Crippen LogP contribution in [0.2, 0.25) is 0 Å². The summed E-state index contributed by atoms with van der Waals surface area (Å²) in [6, 6.07) is 7.70. The van der Waals surface area contributed by atoms with E-state index in [1.54, 1.807) is 11.3 Å². The molecule has 3 rings (SSSR count). The number of hydrogen-bond acceptors (Lipinski definition) is 4. The van der Waals surface area contributed by atoms with E-state index in [4.69, 9.17) is 0 Å². The van der Waals surface area contributed by atoms with Crippen molar-refractivity contribution in [3.8, 4) is 0 Å². The minimum Gasteiger partial charge on any atom is -0.341 e. The van der Waals surface area contributed by atoms with Crippen molar-refractivity contribution >= 4 is 33.5 Å². The second-order valence-corrected chi connectivity index (χ2v) is 6.99. The zero-order chi connectivity index (χ0) is 16.8. The third-order valence-electron chi connectivity index (χ3n) is 4.08. The number of aromatic nitrogens is 1. The van der Waals surface area contributed by atoms with E-state index in [1.165, 1.54) is 0 Å². The quantitative estimate of drug-likeness (QED) is 0.873. The Balaban J connectivity index is 1.40. The van der Waals surface area contributed by atoms with Crippen LogP contribution in [0.5, 0.6) is 0 Å². The van der Waals surface area contributed by atoms with Gasteiger partial charge in [0.25, 0.3) is 0 Å². The Bertz CT molecular complexity index is 682. The molecule has 6 nitrogen and oxygen atoms in total. The first-order chi connectivity index (χ1) is 11.7. The molecule has 1 aromatic heterocycles. The molecule has 0 bridgehead atoms. The SMILES string of the molecule is O=C(NCCN1CCCCCC1=O)NCc1nc2ccccc2s1. The van der Waals surface area contributed by atoms with E-state index in [0.29, 0.717) is 26.1 Å². The molecular weight excluding hydrogens is 324 g/mol. The first-order valence-electron chi connectivity index (χ1n) is 8.36. The average Bonchev–Trinajstić information content (AvgIpc) is 2.90. The van der Waals surface area contributed by atoms with Crippen molar-refractivity contribution in [3.05, 3.63) is 29.3 Å². The lowest BCUT2D eigenvalue weighted by Gasteiger charge is -2.20. The molecule has 2 heterocycles. The van der Waals surface area contributed by atoms with E-state index < -0.39 is 0 Å². The lowest BCUT2D eigenvalue weighted by atomic mass is 10.2. The standard InChI is InChI=1S/C17H22N4O2S/c22-16-8-2-1-5-10-21(16)11-9-18-17(23)19-12-15-20-13-6-3-4-7-14(13)24-15/h3-4,6-7H,1-2,5,8-12H2,(H2,18,19,23). The van der Waals surface area contributed by atoms with Crippen LogP contribution in [0.4, 0.5) is 4.79 Å². The summed E-state index contributed by atoms with van der Waals surface area (Å²) in [6.45, 7) is 2.26. The predicted octanol–water partition coefficient (Wildman–Crippen LogP) is 2.50. The number of rotatable bonds is 5. The van der Waals surface area contributed by atoms with Crippen LogP contribution in [0.15, 0.2) is 24.3 Å². The van der Waals surface area contributed by atoms with Gasteiger partial charge in [0.05, 0.1) is 16.8 Å². The lowest BCUT2D eigenvalue weighted by molar-refractivity contribution is -0.130. The van der Waals surface area contributed by atoms with E-state index in [2.05, 4.69) is 15.6 Å². The molecule has 0 spiro atoms. The lowest BCUT2D eigenvalue weighted by Crippen LogP contribution is -2.41. The molecule has 3 amide bonds. The van der Waals surface area contributed by atoms with Gasteiger partial charge in [0, 0.05) is 26.1 Å². The maximum absolute atomic E-state index is 11.9. The molecule has 0 radical (unpaired) electrons. The van der Waals surface area contributed by atoms with Crippen LogP contribution >= 0.6 is 11.3 Å². The van der Waals surface area contributed by atoms with Crippen LogP contribution in [0.3, 0.4) is 0 Å². The first-order valence-corrected chi connectivity index (χ1v) is 9.18. The van der Waals surface area contributed by atoms with Gasteiger partial charge in [0.15, 0.2) is 0 Å². The maximum Gasteiger partial charge on any atom is 0.315 e. The number of carbonyl (C=O) groups excluding carboxylic acids is 2. The number of para-hydroxylation sites is 1. The van der Waals surface area contributed by atoms with Crippen LogP contribution in [-0.4, -0.2) is 41.5 Å². The van der Waals surface area contributed by atoms with Gasteiger partial charge in [-0.25, -0.2) is 9.78 Å². The van der Waals surface area contributed by atoms with Gasteiger partial charge in [-0.1, -0.05) is 18.6 Å². The minimum absolute atomic E-state index is 0.198. The average molecular weight is 346 g/mol. The Kier molecular flexibility index (Phi) is 5.63. The van der Waals surface area contributed by atoms with Gasteiger partial charge in [-0.15, -0.1) is 11.3 Å². The molecule has 0 saturated carbocycles. The number of nitrogens with zero attached hydrogens (tertiary/aromatic N) is 2. The third-order valence-corrected chi connectivity index (χ3v) is 5.11. The second kappa shape index (κ2) is 8.10. The van der Waals surface area contributed by atoms with Gasteiger partial charge in [0.2, 0.25) is 5.91 Å². The highest BCUT2D eigenvalue weighted by atomic mass is 32.1. The molecule has 128 valence electrons. The van der Waals surface area contributed by atoms with Crippen molar-refractivity contribution in [2.24, 2.45) is 0 Å². The normalized spacial score (nSPS) is 15.3. The van der Waals surface area contributed by atoms with E-state index in [-0.39, 0.29) is 11.9 Å². The van der Waals surface area contributed by atoms with E-state index >= 15 is 0 Å². The largest absolute Gasteiger partial charge is 0.341 e. The van der Waals surface area contributed by atoms with Crippen LogP contribution in [0.25, 0.3) is 10.2 Å². The summed E-state index contributed by atoms with van der Waals surface area (Å²) in [4.78, 5) is 30.1. The van der Waals surface area contributed by atoms with Gasteiger partial charge in [0.1, 0.15) is 5.01 Å². The highest BCUT2D eigenvalue weighted by molar-refractivity contribution is 7.18.